The number of nitrogens with one attached hydrogen (secondary N) is 1. The van der Waals surface area contributed by atoms with Crippen molar-refractivity contribution in [2.75, 3.05) is 11.2 Å². The average Bonchev–Trinajstić information content (AvgIpc) is 2.61. The summed E-state index contributed by atoms with van der Waals surface area (Å²) >= 11 is -0.826. The van der Waals surface area contributed by atoms with Gasteiger partial charge in [0.2, 0.25) is 0 Å². The lowest BCUT2D eigenvalue weighted by atomic mass is 10.1. The maximum atomic E-state index is 11.6. The van der Waals surface area contributed by atoms with Crippen molar-refractivity contribution in [1.82, 2.24) is 0 Å². The first-order chi connectivity index (χ1) is 7.31. The lowest BCUT2D eigenvalue weighted by molar-refractivity contribution is 0.599. The summed E-state index contributed by atoms with van der Waals surface area (Å²) < 4.78 is 11.6. The van der Waals surface area contributed by atoms with Gasteiger partial charge in [-0.25, -0.2) is 0 Å². The van der Waals surface area contributed by atoms with Gasteiger partial charge in [-0.3, -0.25) is 0 Å². The molecular formula is C12H17NOS. The predicted molar refractivity (Wildman–Crippen MR) is 64.6 cm³/mol. The standard InChI is InChI=1S/C12H17NOS/c1-2-3-4-5-10-6-7-11-12(8-10)15(14)9-13-11/h6-8,13H,2-5,9H2,1H3. The van der Waals surface area contributed by atoms with Crippen LogP contribution in [0.1, 0.15) is 31.7 Å². The van der Waals surface area contributed by atoms with Gasteiger partial charge in [0.25, 0.3) is 0 Å². The number of hydrogen-bond donors (Lipinski definition) is 1. The van der Waals surface area contributed by atoms with Crippen molar-refractivity contribution >= 4 is 16.9 Å². The van der Waals surface area contributed by atoms with Gasteiger partial charge in [0.1, 0.15) is 0 Å². The van der Waals surface area contributed by atoms with Gasteiger partial charge in [-0.15, -0.1) is 0 Å². The summed E-state index contributed by atoms with van der Waals surface area (Å²) in [5, 5.41) is 3.14. The molecular weight excluding hydrogens is 206 g/mol. The molecule has 1 unspecified atom stereocenters. The Labute approximate surface area is 94.3 Å². The molecule has 1 N–H and O–H groups in total. The third-order valence-electron chi connectivity index (χ3n) is 2.75. The number of fused-ring (bicyclic) bond motifs is 1. The van der Waals surface area contributed by atoms with Crippen molar-refractivity contribution in [1.29, 1.82) is 0 Å². The minimum absolute atomic E-state index is 0.577. The molecule has 0 amide bonds. The van der Waals surface area contributed by atoms with Crippen molar-refractivity contribution in [3.63, 3.8) is 0 Å². The van der Waals surface area contributed by atoms with Crippen LogP contribution in [0.15, 0.2) is 23.1 Å². The number of benzene rings is 1. The van der Waals surface area contributed by atoms with Crippen LogP contribution in [0.3, 0.4) is 0 Å². The van der Waals surface area contributed by atoms with Crippen molar-refractivity contribution in [2.24, 2.45) is 0 Å². The van der Waals surface area contributed by atoms with E-state index in [-0.39, 0.29) is 0 Å². The van der Waals surface area contributed by atoms with E-state index >= 15 is 0 Å². The quantitative estimate of drug-likeness (QED) is 0.629. The number of aryl methyl sites for hydroxylation is 1. The van der Waals surface area contributed by atoms with E-state index in [2.05, 4.69) is 30.4 Å². The molecule has 82 valence electrons. The summed E-state index contributed by atoms with van der Waals surface area (Å²) in [5.41, 5.74) is 2.37. The molecule has 0 saturated carbocycles. The third kappa shape index (κ3) is 2.47. The maximum absolute atomic E-state index is 11.6. The van der Waals surface area contributed by atoms with Gasteiger partial charge >= 0.3 is 0 Å². The monoisotopic (exact) mass is 223 g/mol. The predicted octanol–water partition coefficient (Wildman–Crippen LogP) is 2.91. The molecule has 2 nitrogen and oxygen atoms in total. The second-order valence-electron chi connectivity index (χ2n) is 3.95. The van der Waals surface area contributed by atoms with Crippen LogP contribution in [0.2, 0.25) is 0 Å². The molecule has 2 rings (SSSR count). The summed E-state index contributed by atoms with van der Waals surface area (Å²) in [6.07, 6.45) is 4.87. The molecule has 1 aromatic rings. The smallest absolute Gasteiger partial charge is 0.181 e. The Hall–Kier alpha value is -0.670. The minimum atomic E-state index is -0.826. The Balaban J connectivity index is 2.05. The van der Waals surface area contributed by atoms with Crippen LogP contribution in [0.4, 0.5) is 5.69 Å². The summed E-state index contributed by atoms with van der Waals surface area (Å²) in [6.45, 7) is 2.21. The lowest BCUT2D eigenvalue weighted by Crippen LogP contribution is -2.03. The fourth-order valence-electron chi connectivity index (χ4n) is 1.86. The molecule has 0 spiro atoms. The van der Waals surface area contributed by atoms with E-state index in [1.807, 2.05) is 0 Å². The fourth-order valence-corrected chi connectivity index (χ4v) is 2.97. The molecule has 0 aliphatic carbocycles. The highest BCUT2D eigenvalue weighted by molar-refractivity contribution is 7.92. The SMILES string of the molecule is CCCCCc1ccc2c(c1)[S+]([O-])CN2. The van der Waals surface area contributed by atoms with E-state index in [0.29, 0.717) is 5.88 Å². The van der Waals surface area contributed by atoms with Crippen LogP contribution in [0, 0.1) is 0 Å². The number of rotatable bonds is 4. The molecule has 1 aliphatic heterocycles. The highest BCUT2D eigenvalue weighted by atomic mass is 32.2. The van der Waals surface area contributed by atoms with Crippen LogP contribution < -0.4 is 5.32 Å². The van der Waals surface area contributed by atoms with Crippen LogP contribution >= 0.6 is 0 Å². The van der Waals surface area contributed by atoms with E-state index in [9.17, 15) is 4.55 Å². The summed E-state index contributed by atoms with van der Waals surface area (Å²) in [5.74, 6) is 0.577. The second-order valence-corrected chi connectivity index (χ2v) is 5.37. The first kappa shape index (κ1) is 10.8. The largest absolute Gasteiger partial charge is 0.610 e. The van der Waals surface area contributed by atoms with Gasteiger partial charge in [-0.05, 0) is 30.5 Å². The van der Waals surface area contributed by atoms with Crippen LogP contribution in [0.25, 0.3) is 0 Å². The van der Waals surface area contributed by atoms with Crippen LogP contribution in [-0.4, -0.2) is 10.4 Å². The van der Waals surface area contributed by atoms with Gasteiger partial charge in [0.05, 0.1) is 5.69 Å². The first-order valence-corrected chi connectivity index (χ1v) is 6.88. The zero-order valence-electron chi connectivity index (χ0n) is 9.08. The molecule has 1 heterocycles. The van der Waals surface area contributed by atoms with Crippen molar-refractivity contribution in [3.05, 3.63) is 23.8 Å². The Morgan fingerprint density at radius 3 is 3.07 bits per heavy atom. The Bertz CT molecular complexity index is 340. The zero-order valence-corrected chi connectivity index (χ0v) is 9.90. The topological polar surface area (TPSA) is 35.1 Å². The number of anilines is 1. The minimum Gasteiger partial charge on any atom is -0.610 e. The van der Waals surface area contributed by atoms with Gasteiger partial charge in [0.15, 0.2) is 10.8 Å². The molecule has 0 aromatic heterocycles. The van der Waals surface area contributed by atoms with E-state index in [4.69, 9.17) is 0 Å². The van der Waals surface area contributed by atoms with Crippen molar-refractivity contribution in [3.8, 4) is 0 Å². The van der Waals surface area contributed by atoms with E-state index in [1.165, 1.54) is 24.8 Å². The Morgan fingerprint density at radius 1 is 1.40 bits per heavy atom. The van der Waals surface area contributed by atoms with Gasteiger partial charge in [0, 0.05) is 11.2 Å². The third-order valence-corrected chi connectivity index (χ3v) is 3.99. The molecule has 0 radical (unpaired) electrons. The molecule has 3 heteroatoms. The lowest BCUT2D eigenvalue weighted by Gasteiger charge is -2.04. The molecule has 15 heavy (non-hydrogen) atoms. The van der Waals surface area contributed by atoms with E-state index in [1.54, 1.807) is 0 Å². The first-order valence-electron chi connectivity index (χ1n) is 5.56. The highest BCUT2D eigenvalue weighted by Crippen LogP contribution is 2.29. The van der Waals surface area contributed by atoms with Crippen molar-refractivity contribution < 1.29 is 4.55 Å². The van der Waals surface area contributed by atoms with E-state index in [0.717, 1.165) is 17.0 Å². The Kier molecular flexibility index (Phi) is 3.54. The highest BCUT2D eigenvalue weighted by Gasteiger charge is 2.23. The molecule has 1 atom stereocenters. The second kappa shape index (κ2) is 4.90. The van der Waals surface area contributed by atoms with E-state index < -0.39 is 11.2 Å². The molecule has 0 saturated heterocycles. The summed E-state index contributed by atoms with van der Waals surface area (Å²) in [7, 11) is 0. The van der Waals surface area contributed by atoms with Gasteiger partial charge < -0.3 is 9.87 Å². The summed E-state index contributed by atoms with van der Waals surface area (Å²) in [6, 6.07) is 6.30. The molecule has 1 aliphatic rings. The molecule has 0 fully saturated rings. The molecule has 0 bridgehead atoms. The number of hydrogen-bond acceptors (Lipinski definition) is 2. The summed E-state index contributed by atoms with van der Waals surface area (Å²) in [4.78, 5) is 0.990. The normalized spacial score (nSPS) is 18.7. The van der Waals surface area contributed by atoms with Crippen LogP contribution in [0.5, 0.6) is 0 Å². The van der Waals surface area contributed by atoms with Crippen molar-refractivity contribution in [2.45, 2.75) is 37.5 Å². The van der Waals surface area contributed by atoms with Crippen LogP contribution in [-0.2, 0) is 17.6 Å². The average molecular weight is 223 g/mol. The Morgan fingerprint density at radius 2 is 2.27 bits per heavy atom. The number of unbranched alkanes of at least 4 members (excludes halogenated alkanes) is 2. The van der Waals surface area contributed by atoms with Gasteiger partial charge in [-0.2, -0.15) is 0 Å². The van der Waals surface area contributed by atoms with Gasteiger partial charge in [-0.1, -0.05) is 25.8 Å². The zero-order chi connectivity index (χ0) is 10.7. The fraction of sp³-hybridized carbons (Fsp3) is 0.500. The maximum Gasteiger partial charge on any atom is 0.181 e. The molecule has 1 aromatic carbocycles.